The van der Waals surface area contributed by atoms with Crippen molar-refractivity contribution < 1.29 is 14.3 Å². The molecule has 0 aromatic rings. The largest absolute Gasteiger partial charge is 0.393 e. The quantitative estimate of drug-likeness (QED) is 0.389. The summed E-state index contributed by atoms with van der Waals surface area (Å²) in [7, 11) is 0. The van der Waals surface area contributed by atoms with E-state index < -0.39 is 11.9 Å². The Balaban J connectivity index is 2.27. The highest BCUT2D eigenvalue weighted by molar-refractivity contribution is 5.86. The van der Waals surface area contributed by atoms with Gasteiger partial charge in [0, 0.05) is 20.0 Å². The Hall–Kier alpha value is -0.900. The van der Waals surface area contributed by atoms with E-state index in [9.17, 15) is 9.59 Å². The van der Waals surface area contributed by atoms with Gasteiger partial charge in [0.25, 0.3) is 0 Å². The normalized spacial score (nSPS) is 17.7. The fraction of sp³-hybridized carbons (Fsp3) is 0.667. The first-order valence-electron chi connectivity index (χ1n) is 3.13. The average Bonchev–Trinajstić information content (AvgIpc) is 1.55. The molecule has 1 saturated heterocycles. The second kappa shape index (κ2) is 2.79. The van der Waals surface area contributed by atoms with Crippen molar-refractivity contribution in [3.8, 4) is 0 Å². The first kappa shape index (κ1) is 7.21. The Labute approximate surface area is 58.5 Å². The summed E-state index contributed by atoms with van der Waals surface area (Å²) < 4.78 is 4.34. The van der Waals surface area contributed by atoms with Crippen molar-refractivity contribution >= 4 is 11.9 Å². The maximum absolute atomic E-state index is 10.8. The molecule has 56 valence electrons. The Bertz CT molecular complexity index is 162. The number of carbonyl (C=O) groups is 2. The molecule has 1 N–H and O–H groups in total. The molecule has 1 fully saturated rings. The van der Waals surface area contributed by atoms with Gasteiger partial charge < -0.3 is 10.1 Å². The van der Waals surface area contributed by atoms with Gasteiger partial charge in [-0.3, -0.25) is 9.59 Å². The average molecular weight is 143 g/mol. The minimum Gasteiger partial charge on any atom is -0.393 e. The molecular formula is C6H9NO3. The second-order valence-electron chi connectivity index (χ2n) is 2.27. The summed E-state index contributed by atoms with van der Waals surface area (Å²) >= 11 is 0. The summed E-state index contributed by atoms with van der Waals surface area (Å²) in [4.78, 5) is 21.0. The predicted molar refractivity (Wildman–Crippen MR) is 33.1 cm³/mol. The lowest BCUT2D eigenvalue weighted by molar-refractivity contribution is -0.162. The van der Waals surface area contributed by atoms with E-state index in [1.807, 2.05) is 0 Å². The third kappa shape index (κ3) is 1.54. The van der Waals surface area contributed by atoms with Gasteiger partial charge in [-0.2, -0.15) is 0 Å². The van der Waals surface area contributed by atoms with Crippen LogP contribution in [0.25, 0.3) is 0 Å². The smallest absolute Gasteiger partial charge is 0.319 e. The molecule has 10 heavy (non-hydrogen) atoms. The summed E-state index contributed by atoms with van der Waals surface area (Å²) in [6.45, 7) is 2.49. The van der Waals surface area contributed by atoms with Crippen molar-refractivity contribution in [3.05, 3.63) is 0 Å². The second-order valence-corrected chi connectivity index (χ2v) is 2.27. The van der Waals surface area contributed by atoms with Crippen LogP contribution >= 0.6 is 0 Å². The maximum atomic E-state index is 10.8. The van der Waals surface area contributed by atoms with Crippen LogP contribution in [0.1, 0.15) is 6.92 Å². The standard InChI is InChI=1S/C6H9NO3/c1-4(8)10-6(9)5-2-7-3-5/h5,7H,2-3H2,1H3. The first-order valence-corrected chi connectivity index (χ1v) is 3.13. The molecule has 1 aliphatic heterocycles. The van der Waals surface area contributed by atoms with Crippen molar-refractivity contribution in [2.75, 3.05) is 13.1 Å². The molecule has 0 atom stereocenters. The SMILES string of the molecule is CC(=O)OC(=O)C1CNC1. The fourth-order valence-corrected chi connectivity index (χ4v) is 0.680. The van der Waals surface area contributed by atoms with Gasteiger partial charge in [-0.15, -0.1) is 0 Å². The molecule has 1 rings (SSSR count). The molecule has 4 nitrogen and oxygen atoms in total. The fourth-order valence-electron chi connectivity index (χ4n) is 0.680. The van der Waals surface area contributed by atoms with E-state index in [2.05, 4.69) is 10.1 Å². The van der Waals surface area contributed by atoms with Crippen LogP contribution in [0.4, 0.5) is 0 Å². The summed E-state index contributed by atoms with van der Waals surface area (Å²) in [6, 6.07) is 0. The number of carbonyl (C=O) groups excluding carboxylic acids is 2. The lowest BCUT2D eigenvalue weighted by Gasteiger charge is -2.23. The molecule has 1 aliphatic rings. The van der Waals surface area contributed by atoms with Crippen LogP contribution in [0, 0.1) is 5.92 Å². The van der Waals surface area contributed by atoms with Crippen molar-refractivity contribution in [1.82, 2.24) is 5.32 Å². The number of rotatable bonds is 1. The zero-order valence-corrected chi connectivity index (χ0v) is 5.72. The number of hydrogen-bond acceptors (Lipinski definition) is 4. The number of esters is 2. The Morgan fingerprint density at radius 1 is 1.50 bits per heavy atom. The highest BCUT2D eigenvalue weighted by atomic mass is 16.6. The van der Waals surface area contributed by atoms with Crippen LogP contribution in [-0.4, -0.2) is 25.0 Å². The maximum Gasteiger partial charge on any atom is 0.319 e. The van der Waals surface area contributed by atoms with E-state index in [0.29, 0.717) is 13.1 Å². The highest BCUT2D eigenvalue weighted by Gasteiger charge is 2.27. The van der Waals surface area contributed by atoms with Crippen molar-refractivity contribution in [2.45, 2.75) is 6.92 Å². The molecule has 0 spiro atoms. The van der Waals surface area contributed by atoms with Gasteiger partial charge in [0.2, 0.25) is 0 Å². The lowest BCUT2D eigenvalue weighted by atomic mass is 10.0. The Morgan fingerprint density at radius 2 is 2.10 bits per heavy atom. The van der Waals surface area contributed by atoms with Gasteiger partial charge in [0.1, 0.15) is 0 Å². The Morgan fingerprint density at radius 3 is 2.40 bits per heavy atom. The predicted octanol–water partition coefficient (Wildman–Crippen LogP) is -0.705. The molecule has 4 heteroatoms. The Kier molecular flexibility index (Phi) is 2.01. The van der Waals surface area contributed by atoms with E-state index in [1.165, 1.54) is 6.92 Å². The monoisotopic (exact) mass is 143 g/mol. The molecule has 0 aliphatic carbocycles. The van der Waals surface area contributed by atoms with Gasteiger partial charge in [-0.25, -0.2) is 0 Å². The minimum atomic E-state index is -0.531. The van der Waals surface area contributed by atoms with Crippen LogP contribution in [-0.2, 0) is 14.3 Å². The van der Waals surface area contributed by atoms with Crippen molar-refractivity contribution in [1.29, 1.82) is 0 Å². The first-order chi connectivity index (χ1) is 4.70. The molecule has 1 heterocycles. The third-order valence-electron chi connectivity index (χ3n) is 1.36. The van der Waals surface area contributed by atoms with Crippen molar-refractivity contribution in [3.63, 3.8) is 0 Å². The van der Waals surface area contributed by atoms with Gasteiger partial charge in [-0.05, 0) is 0 Å². The lowest BCUT2D eigenvalue weighted by Crippen LogP contribution is -2.47. The van der Waals surface area contributed by atoms with Crippen LogP contribution in [0.15, 0.2) is 0 Å². The minimum absolute atomic E-state index is 0.108. The number of hydrogen-bond donors (Lipinski definition) is 1. The molecule has 0 aromatic carbocycles. The van der Waals surface area contributed by atoms with E-state index in [-0.39, 0.29) is 5.92 Å². The molecule has 0 unspecified atom stereocenters. The van der Waals surface area contributed by atoms with E-state index in [1.54, 1.807) is 0 Å². The van der Waals surface area contributed by atoms with Crippen LogP contribution < -0.4 is 5.32 Å². The van der Waals surface area contributed by atoms with Gasteiger partial charge in [0.15, 0.2) is 0 Å². The van der Waals surface area contributed by atoms with Crippen LogP contribution in [0.2, 0.25) is 0 Å². The van der Waals surface area contributed by atoms with Gasteiger partial charge in [0.05, 0.1) is 5.92 Å². The zero-order valence-electron chi connectivity index (χ0n) is 5.72. The van der Waals surface area contributed by atoms with E-state index in [0.717, 1.165) is 0 Å². The summed E-state index contributed by atoms with van der Waals surface area (Å²) in [5, 5.41) is 2.90. The van der Waals surface area contributed by atoms with Gasteiger partial charge >= 0.3 is 11.9 Å². The van der Waals surface area contributed by atoms with Crippen molar-refractivity contribution in [2.24, 2.45) is 5.92 Å². The molecule has 0 amide bonds. The van der Waals surface area contributed by atoms with E-state index in [4.69, 9.17) is 0 Å². The zero-order chi connectivity index (χ0) is 7.56. The van der Waals surface area contributed by atoms with Gasteiger partial charge in [-0.1, -0.05) is 0 Å². The number of ether oxygens (including phenoxy) is 1. The van der Waals surface area contributed by atoms with Crippen LogP contribution in [0.5, 0.6) is 0 Å². The molecule has 0 radical (unpaired) electrons. The number of nitrogens with one attached hydrogen (secondary N) is 1. The summed E-state index contributed by atoms with van der Waals surface area (Å²) in [5.74, 6) is -1.05. The molecular weight excluding hydrogens is 134 g/mol. The van der Waals surface area contributed by atoms with E-state index >= 15 is 0 Å². The summed E-state index contributed by atoms with van der Waals surface area (Å²) in [5.41, 5.74) is 0. The molecule has 0 aromatic heterocycles. The molecule has 0 saturated carbocycles. The molecule has 0 bridgehead atoms. The highest BCUT2D eigenvalue weighted by Crippen LogP contribution is 2.04. The van der Waals surface area contributed by atoms with Crippen LogP contribution in [0.3, 0.4) is 0 Å². The third-order valence-corrected chi connectivity index (χ3v) is 1.36. The topological polar surface area (TPSA) is 55.4 Å². The summed E-state index contributed by atoms with van der Waals surface area (Å²) in [6.07, 6.45) is 0.